The summed E-state index contributed by atoms with van der Waals surface area (Å²) < 4.78 is 43.2. The fraction of sp³-hybridized carbons (Fsp3) is 0.643. The number of likely N-dealkylation sites (N-methyl/N-ethyl adjacent to an activating group) is 1. The molecule has 58 heavy (non-hydrogen) atoms. The van der Waals surface area contributed by atoms with Crippen molar-refractivity contribution >= 4 is 17.5 Å². The van der Waals surface area contributed by atoms with E-state index < -0.39 is 106 Å². The molecule has 2 aromatic carbocycles. The lowest BCUT2D eigenvalue weighted by Crippen LogP contribution is -2.57. The van der Waals surface area contributed by atoms with E-state index in [4.69, 9.17) is 33.2 Å². The smallest absolute Gasteiger partial charge is 0.316 e. The summed E-state index contributed by atoms with van der Waals surface area (Å²) in [5.74, 6) is -5.75. The molecule has 318 valence electrons. The van der Waals surface area contributed by atoms with Crippen LogP contribution in [0.4, 0.5) is 0 Å². The number of carbonyl (C=O) groups is 3. The monoisotopic (exact) mass is 813 g/mol. The van der Waals surface area contributed by atoms with E-state index in [9.17, 15) is 39.9 Å². The predicted octanol–water partition coefficient (Wildman–Crippen LogP) is 3.68. The van der Waals surface area contributed by atoms with Crippen LogP contribution in [0.15, 0.2) is 18.2 Å². The lowest BCUT2D eigenvalue weighted by molar-refractivity contribution is -0.314. The molecule has 5 N–H and O–H groups in total. The molecule has 13 atom stereocenters. The van der Waals surface area contributed by atoms with Gasteiger partial charge < -0.3 is 63.6 Å². The number of ether oxygens (including phenoxy) is 7. The average Bonchev–Trinajstić information content (AvgIpc) is 3.17. The van der Waals surface area contributed by atoms with Gasteiger partial charge in [0.05, 0.1) is 66.0 Å². The van der Waals surface area contributed by atoms with Crippen LogP contribution in [0, 0.1) is 0 Å². The number of rotatable bonds is 9. The van der Waals surface area contributed by atoms with Crippen molar-refractivity contribution in [2.45, 2.75) is 152 Å². The van der Waals surface area contributed by atoms with Crippen molar-refractivity contribution in [2.75, 3.05) is 21.2 Å². The van der Waals surface area contributed by atoms with Gasteiger partial charge in [0.2, 0.25) is 5.78 Å². The second-order valence-electron chi connectivity index (χ2n) is 16.5. The Kier molecular flexibility index (Phi) is 12.0. The fourth-order valence-electron chi connectivity index (χ4n) is 9.36. The molecule has 0 bridgehead atoms. The largest absolute Gasteiger partial charge is 0.507 e. The highest BCUT2D eigenvalue weighted by molar-refractivity contribution is 6.31. The number of esters is 1. The van der Waals surface area contributed by atoms with Gasteiger partial charge in [-0.1, -0.05) is 6.92 Å². The molecular weight excluding hydrogens is 758 g/mol. The molecule has 0 amide bonds. The number of phenols is 3. The van der Waals surface area contributed by atoms with Crippen LogP contribution in [0.2, 0.25) is 0 Å². The van der Waals surface area contributed by atoms with Crippen LogP contribution in [0.25, 0.3) is 0 Å². The van der Waals surface area contributed by atoms with Crippen LogP contribution in [-0.2, 0) is 38.0 Å². The molecule has 7 rings (SSSR count). The Morgan fingerprint density at radius 1 is 0.845 bits per heavy atom. The zero-order chi connectivity index (χ0) is 42.0. The van der Waals surface area contributed by atoms with Crippen molar-refractivity contribution in [3.8, 4) is 17.2 Å². The summed E-state index contributed by atoms with van der Waals surface area (Å²) in [5, 5.41) is 55.3. The fourth-order valence-corrected chi connectivity index (χ4v) is 9.36. The normalized spacial score (nSPS) is 36.2. The Labute approximate surface area is 336 Å². The van der Waals surface area contributed by atoms with E-state index in [2.05, 4.69) is 0 Å². The van der Waals surface area contributed by atoms with Gasteiger partial charge in [-0.15, -0.1) is 0 Å². The van der Waals surface area contributed by atoms with Crippen LogP contribution in [0.3, 0.4) is 0 Å². The topological polar surface area (TPSA) is 220 Å². The second kappa shape index (κ2) is 16.4. The zero-order valence-electron chi connectivity index (χ0n) is 33.9. The summed E-state index contributed by atoms with van der Waals surface area (Å²) in [7, 11) is 4.97. The van der Waals surface area contributed by atoms with Gasteiger partial charge in [-0.3, -0.25) is 14.4 Å². The predicted molar refractivity (Wildman–Crippen MR) is 203 cm³/mol. The minimum atomic E-state index is -1.78. The van der Waals surface area contributed by atoms with Gasteiger partial charge in [-0.2, -0.15) is 0 Å². The number of phenolic OH excluding ortho intramolecular Hbond substituents is 3. The van der Waals surface area contributed by atoms with Crippen molar-refractivity contribution in [3.63, 3.8) is 0 Å². The molecule has 3 heterocycles. The Balaban J connectivity index is 1.13. The molecule has 0 saturated carbocycles. The van der Waals surface area contributed by atoms with E-state index in [1.807, 2.05) is 39.8 Å². The van der Waals surface area contributed by atoms with Crippen LogP contribution in [0.5, 0.6) is 17.2 Å². The highest BCUT2D eigenvalue weighted by Crippen LogP contribution is 2.54. The van der Waals surface area contributed by atoms with Crippen LogP contribution in [-0.4, -0.2) is 136 Å². The molecule has 0 radical (unpaired) electrons. The number of aliphatic hydroxyl groups excluding tert-OH is 1. The first kappa shape index (κ1) is 42.4. The first-order valence-corrected chi connectivity index (χ1v) is 20.1. The van der Waals surface area contributed by atoms with Gasteiger partial charge in [-0.25, -0.2) is 0 Å². The first-order chi connectivity index (χ1) is 27.5. The number of hydrogen-bond donors (Lipinski definition) is 5. The van der Waals surface area contributed by atoms with E-state index in [-0.39, 0.29) is 60.3 Å². The highest BCUT2D eigenvalue weighted by Gasteiger charge is 2.53. The molecule has 2 aliphatic carbocycles. The summed E-state index contributed by atoms with van der Waals surface area (Å²) >= 11 is 0. The van der Waals surface area contributed by atoms with E-state index in [1.54, 1.807) is 6.92 Å². The first-order valence-electron chi connectivity index (χ1n) is 20.1. The van der Waals surface area contributed by atoms with E-state index >= 15 is 0 Å². The molecule has 0 unspecified atom stereocenters. The second-order valence-corrected chi connectivity index (χ2v) is 16.5. The lowest BCUT2D eigenvalue weighted by atomic mass is 9.67. The number of aromatic hydroxyl groups is 3. The average molecular weight is 814 g/mol. The minimum absolute atomic E-state index is 0.00169. The van der Waals surface area contributed by atoms with Crippen molar-refractivity contribution in [2.24, 2.45) is 0 Å². The van der Waals surface area contributed by atoms with Crippen molar-refractivity contribution in [1.82, 2.24) is 4.90 Å². The number of carbonyl (C=O) groups excluding carboxylic acids is 3. The van der Waals surface area contributed by atoms with Crippen molar-refractivity contribution < 1.29 is 73.1 Å². The molecular formula is C42H55NO15. The Hall–Kier alpha value is -3.71. The van der Waals surface area contributed by atoms with Crippen LogP contribution >= 0.6 is 0 Å². The van der Waals surface area contributed by atoms with Crippen molar-refractivity contribution in [3.05, 3.63) is 51.6 Å². The van der Waals surface area contributed by atoms with Crippen molar-refractivity contribution in [1.29, 1.82) is 0 Å². The number of ketones is 2. The summed E-state index contributed by atoms with van der Waals surface area (Å²) in [6, 6.07) is 3.16. The minimum Gasteiger partial charge on any atom is -0.507 e. The number of benzene rings is 2. The summed E-state index contributed by atoms with van der Waals surface area (Å²) in [6.07, 6.45) is -2.81. The third-order valence-electron chi connectivity index (χ3n) is 12.7. The van der Waals surface area contributed by atoms with E-state index in [0.717, 1.165) is 19.2 Å². The standard InChI is InChI=1S/C42H55NO15/c1-8-42(51)17-28(32-21(36(42)41(50)52-7)15-22-33(38(32)48)39(49)35-26(46)10-9-25(45)34(35)37(22)47)57-31-16-23(43(5)6)40(20(4)55-31)58-30-14-12-27(19(3)54-30)56-29-13-11-24(44)18(2)53-29/h9-10,15,18-20,23-24,27-31,36,40,44-46,48,51H,8,11-14,16-17H2,1-7H3/t18-,19-,20-,23-,24+,27+,28+,29+,30+,31-,36+,40+,42-/m1/s1. The van der Waals surface area contributed by atoms with Gasteiger partial charge in [-0.05, 0) is 77.9 Å². The highest BCUT2D eigenvalue weighted by atomic mass is 16.7. The Bertz CT molecular complexity index is 1920. The van der Waals surface area contributed by atoms with E-state index in [1.165, 1.54) is 6.07 Å². The van der Waals surface area contributed by atoms with Crippen LogP contribution in [0.1, 0.15) is 128 Å². The number of nitrogens with zero attached hydrogens (tertiary/aromatic N) is 1. The maximum Gasteiger partial charge on any atom is 0.316 e. The van der Waals surface area contributed by atoms with Gasteiger partial charge in [0.1, 0.15) is 29.3 Å². The summed E-state index contributed by atoms with van der Waals surface area (Å²) in [4.78, 5) is 43.3. The zero-order valence-corrected chi connectivity index (χ0v) is 33.9. The molecule has 3 saturated heterocycles. The third-order valence-corrected chi connectivity index (χ3v) is 12.7. The SMILES string of the molecule is CC[C@@]1(O)C[C@H](O[C@@H]2C[C@@H](N(C)C)[C@@H](O[C@H]3CC[C@H](O[C@H]4CC[C@H](O)[C@@H](C)O4)[C@@H](C)O3)[C@@H](C)O2)c2c(cc3c(c2O)C(=O)c2c(O)ccc(O)c2C3=O)[C@H]1C(=O)OC. The van der Waals surface area contributed by atoms with Gasteiger partial charge in [0, 0.05) is 42.9 Å². The summed E-state index contributed by atoms with van der Waals surface area (Å²) in [5.41, 5.74) is -3.41. The van der Waals surface area contributed by atoms with Crippen LogP contribution < -0.4 is 0 Å². The molecule has 0 spiro atoms. The number of fused-ring (bicyclic) bond motifs is 3. The Morgan fingerprint density at radius 3 is 2.09 bits per heavy atom. The lowest BCUT2D eigenvalue weighted by Gasteiger charge is -2.48. The summed E-state index contributed by atoms with van der Waals surface area (Å²) in [6.45, 7) is 7.30. The molecule has 16 nitrogen and oxygen atoms in total. The van der Waals surface area contributed by atoms with E-state index in [0.29, 0.717) is 25.7 Å². The van der Waals surface area contributed by atoms with Gasteiger partial charge >= 0.3 is 5.97 Å². The Morgan fingerprint density at radius 2 is 1.47 bits per heavy atom. The maximum atomic E-state index is 14.0. The molecule has 16 heteroatoms. The molecule has 5 aliphatic rings. The molecule has 0 aromatic heterocycles. The number of hydrogen-bond acceptors (Lipinski definition) is 16. The molecule has 3 aliphatic heterocycles. The molecule has 2 aromatic rings. The number of methoxy groups -OCH3 is 1. The van der Waals surface area contributed by atoms with Gasteiger partial charge in [0.15, 0.2) is 24.7 Å². The quantitative estimate of drug-likeness (QED) is 0.154. The maximum absolute atomic E-state index is 14.0. The number of aliphatic hydroxyl groups is 2. The third kappa shape index (κ3) is 7.52. The van der Waals surface area contributed by atoms with Gasteiger partial charge in [0.25, 0.3) is 0 Å². The molecule has 3 fully saturated rings.